The van der Waals surface area contributed by atoms with Gasteiger partial charge in [-0.15, -0.1) is 0 Å². The fourth-order valence-electron chi connectivity index (χ4n) is 3.93. The van der Waals surface area contributed by atoms with E-state index in [1.807, 2.05) is 43.0 Å². The van der Waals surface area contributed by atoms with Gasteiger partial charge in [0.05, 0.1) is 6.04 Å². The van der Waals surface area contributed by atoms with E-state index >= 15 is 0 Å². The molecule has 1 saturated heterocycles. The Labute approximate surface area is 169 Å². The van der Waals surface area contributed by atoms with Gasteiger partial charge < -0.3 is 9.64 Å². The third-order valence-electron chi connectivity index (χ3n) is 5.25. The number of thiophene rings is 1. The van der Waals surface area contributed by atoms with E-state index in [1.54, 1.807) is 23.7 Å². The summed E-state index contributed by atoms with van der Waals surface area (Å²) in [6.07, 6.45) is 5.64. The third-order valence-corrected chi connectivity index (χ3v) is 5.96. The maximum atomic E-state index is 13.2. The molecular formula is C23H24N2O2S. The van der Waals surface area contributed by atoms with Crippen molar-refractivity contribution >= 4 is 17.2 Å². The first-order valence-corrected chi connectivity index (χ1v) is 10.5. The van der Waals surface area contributed by atoms with Crippen LogP contribution in [0.15, 0.2) is 53.5 Å². The molecule has 0 aliphatic carbocycles. The van der Waals surface area contributed by atoms with Crippen LogP contribution in [0.2, 0.25) is 0 Å². The van der Waals surface area contributed by atoms with Crippen molar-refractivity contribution in [1.29, 1.82) is 0 Å². The lowest BCUT2D eigenvalue weighted by atomic mass is 10.0. The summed E-state index contributed by atoms with van der Waals surface area (Å²) in [5.74, 6) is 0.954. The average Bonchev–Trinajstić information content (AvgIpc) is 3.39. The molecule has 1 aliphatic rings. The highest BCUT2D eigenvalue weighted by Crippen LogP contribution is 2.35. The van der Waals surface area contributed by atoms with Gasteiger partial charge in [-0.25, -0.2) is 0 Å². The van der Waals surface area contributed by atoms with Crippen molar-refractivity contribution in [2.24, 2.45) is 0 Å². The molecule has 4 nitrogen and oxygen atoms in total. The second-order valence-corrected chi connectivity index (χ2v) is 8.08. The van der Waals surface area contributed by atoms with Gasteiger partial charge in [-0.2, -0.15) is 11.3 Å². The van der Waals surface area contributed by atoms with Gasteiger partial charge in [-0.3, -0.25) is 9.78 Å². The SMILES string of the molecule is Cc1cc(C(=O)N2CCC[C@@H]2c2ccsc2)cc(C)c1OCc1cccnc1. The summed E-state index contributed by atoms with van der Waals surface area (Å²) in [6, 6.07) is 10.1. The van der Waals surface area contributed by atoms with Crippen molar-refractivity contribution in [3.8, 4) is 5.75 Å². The number of hydrogen-bond donors (Lipinski definition) is 0. The van der Waals surface area contributed by atoms with Gasteiger partial charge in [0.25, 0.3) is 5.91 Å². The predicted octanol–water partition coefficient (Wildman–Crippen LogP) is 5.32. The van der Waals surface area contributed by atoms with Gasteiger partial charge in [0, 0.05) is 30.1 Å². The van der Waals surface area contributed by atoms with Crippen LogP contribution >= 0.6 is 11.3 Å². The number of likely N-dealkylation sites (tertiary alicyclic amines) is 1. The first-order chi connectivity index (χ1) is 13.6. The molecular weight excluding hydrogens is 368 g/mol. The quantitative estimate of drug-likeness (QED) is 0.590. The number of benzene rings is 1. The smallest absolute Gasteiger partial charge is 0.254 e. The molecule has 0 spiro atoms. The molecule has 1 aliphatic heterocycles. The first-order valence-electron chi connectivity index (χ1n) is 9.59. The number of amides is 1. The predicted molar refractivity (Wildman–Crippen MR) is 112 cm³/mol. The first kappa shape index (κ1) is 18.7. The molecule has 0 N–H and O–H groups in total. The number of pyridine rings is 1. The number of aromatic nitrogens is 1. The number of ether oxygens (including phenoxy) is 1. The lowest BCUT2D eigenvalue weighted by molar-refractivity contribution is 0.0735. The summed E-state index contributed by atoms with van der Waals surface area (Å²) < 4.78 is 6.03. The van der Waals surface area contributed by atoms with E-state index in [4.69, 9.17) is 4.74 Å². The van der Waals surface area contributed by atoms with Gasteiger partial charge in [0.1, 0.15) is 12.4 Å². The van der Waals surface area contributed by atoms with Crippen molar-refractivity contribution < 1.29 is 9.53 Å². The second kappa shape index (κ2) is 8.15. The molecule has 0 radical (unpaired) electrons. The molecule has 1 fully saturated rings. The van der Waals surface area contributed by atoms with Gasteiger partial charge in [-0.05, 0) is 78.4 Å². The minimum absolute atomic E-state index is 0.110. The van der Waals surface area contributed by atoms with Gasteiger partial charge in [0.15, 0.2) is 0 Å². The summed E-state index contributed by atoms with van der Waals surface area (Å²) in [4.78, 5) is 19.4. The van der Waals surface area contributed by atoms with Crippen LogP contribution in [0.25, 0.3) is 0 Å². The maximum Gasteiger partial charge on any atom is 0.254 e. The Bertz CT molecular complexity index is 931. The van der Waals surface area contributed by atoms with E-state index in [-0.39, 0.29) is 11.9 Å². The second-order valence-electron chi connectivity index (χ2n) is 7.30. The summed E-state index contributed by atoms with van der Waals surface area (Å²) in [5.41, 5.74) is 4.99. The van der Waals surface area contributed by atoms with Crippen molar-refractivity contribution in [2.45, 2.75) is 39.3 Å². The van der Waals surface area contributed by atoms with E-state index in [9.17, 15) is 4.79 Å². The molecule has 4 rings (SSSR count). The Hall–Kier alpha value is -2.66. The fourth-order valence-corrected chi connectivity index (χ4v) is 4.63. The number of hydrogen-bond acceptors (Lipinski definition) is 4. The van der Waals surface area contributed by atoms with Crippen molar-refractivity contribution in [3.63, 3.8) is 0 Å². The molecule has 0 unspecified atom stereocenters. The molecule has 1 atom stereocenters. The normalized spacial score (nSPS) is 16.4. The largest absolute Gasteiger partial charge is 0.488 e. The number of nitrogens with zero attached hydrogens (tertiary/aromatic N) is 2. The Morgan fingerprint density at radius 3 is 2.79 bits per heavy atom. The van der Waals surface area contributed by atoms with Gasteiger partial charge >= 0.3 is 0 Å². The van der Waals surface area contributed by atoms with E-state index in [0.717, 1.165) is 47.4 Å². The number of carbonyl (C=O) groups excluding carboxylic acids is 1. The standard InChI is InChI=1S/C23H24N2O2S/c1-16-11-20(12-17(2)22(16)27-14-18-5-3-8-24-13-18)23(26)25-9-4-6-21(25)19-7-10-28-15-19/h3,5,7-8,10-13,15,21H,4,6,9,14H2,1-2H3/t21-/m1/s1. The average molecular weight is 393 g/mol. The van der Waals surface area contributed by atoms with E-state index in [0.29, 0.717) is 6.61 Å². The molecule has 0 saturated carbocycles. The Morgan fingerprint density at radius 2 is 2.11 bits per heavy atom. The van der Waals surface area contributed by atoms with Gasteiger partial charge in [-0.1, -0.05) is 6.07 Å². The highest BCUT2D eigenvalue weighted by Gasteiger charge is 2.31. The van der Waals surface area contributed by atoms with Crippen LogP contribution in [-0.2, 0) is 6.61 Å². The minimum atomic E-state index is 0.110. The highest BCUT2D eigenvalue weighted by molar-refractivity contribution is 7.08. The van der Waals surface area contributed by atoms with Crippen LogP contribution < -0.4 is 4.74 Å². The molecule has 3 heterocycles. The Morgan fingerprint density at radius 1 is 1.29 bits per heavy atom. The van der Waals surface area contributed by atoms with Crippen LogP contribution in [0.3, 0.4) is 0 Å². The van der Waals surface area contributed by atoms with Gasteiger partial charge in [0.2, 0.25) is 0 Å². The van der Waals surface area contributed by atoms with Crippen LogP contribution in [0.4, 0.5) is 0 Å². The van der Waals surface area contributed by atoms with Crippen LogP contribution in [-0.4, -0.2) is 22.3 Å². The molecule has 1 aromatic carbocycles. The van der Waals surface area contributed by atoms with E-state index in [2.05, 4.69) is 21.8 Å². The molecule has 1 amide bonds. The number of carbonyl (C=O) groups is 1. The molecule has 144 valence electrons. The maximum absolute atomic E-state index is 13.2. The topological polar surface area (TPSA) is 42.4 Å². The summed E-state index contributed by atoms with van der Waals surface area (Å²) in [5, 5.41) is 4.24. The van der Waals surface area contributed by atoms with E-state index in [1.165, 1.54) is 5.56 Å². The zero-order valence-electron chi connectivity index (χ0n) is 16.2. The molecule has 3 aromatic rings. The Kier molecular flexibility index (Phi) is 5.44. The lowest BCUT2D eigenvalue weighted by Crippen LogP contribution is -2.30. The van der Waals surface area contributed by atoms with Crippen LogP contribution in [0.1, 0.15) is 51.5 Å². The summed E-state index contributed by atoms with van der Waals surface area (Å²) in [6.45, 7) is 5.29. The van der Waals surface area contributed by atoms with Crippen LogP contribution in [0.5, 0.6) is 5.75 Å². The third kappa shape index (κ3) is 3.80. The molecule has 0 bridgehead atoms. The lowest BCUT2D eigenvalue weighted by Gasteiger charge is -2.25. The minimum Gasteiger partial charge on any atom is -0.488 e. The number of aryl methyl sites for hydroxylation is 2. The number of rotatable bonds is 5. The molecule has 28 heavy (non-hydrogen) atoms. The highest BCUT2D eigenvalue weighted by atomic mass is 32.1. The summed E-state index contributed by atoms with van der Waals surface area (Å²) >= 11 is 1.69. The molecule has 5 heteroatoms. The fraction of sp³-hybridized carbons (Fsp3) is 0.304. The van der Waals surface area contributed by atoms with Crippen molar-refractivity contribution in [3.05, 3.63) is 81.3 Å². The molecule has 2 aromatic heterocycles. The summed E-state index contributed by atoms with van der Waals surface area (Å²) in [7, 11) is 0. The van der Waals surface area contributed by atoms with Crippen molar-refractivity contribution in [1.82, 2.24) is 9.88 Å². The van der Waals surface area contributed by atoms with E-state index < -0.39 is 0 Å². The van der Waals surface area contributed by atoms with Crippen molar-refractivity contribution in [2.75, 3.05) is 6.54 Å². The zero-order valence-corrected chi connectivity index (χ0v) is 17.0. The Balaban J connectivity index is 1.53. The zero-order chi connectivity index (χ0) is 19.5. The monoisotopic (exact) mass is 392 g/mol. The van der Waals surface area contributed by atoms with Crippen LogP contribution in [0, 0.1) is 13.8 Å².